The van der Waals surface area contributed by atoms with Crippen molar-refractivity contribution in [3.8, 4) is 5.75 Å². The van der Waals surface area contributed by atoms with Crippen molar-refractivity contribution in [2.24, 2.45) is 0 Å². The van der Waals surface area contributed by atoms with Crippen molar-refractivity contribution in [2.45, 2.75) is 6.54 Å². The lowest BCUT2D eigenvalue weighted by atomic mass is 10.0. The highest BCUT2D eigenvalue weighted by Crippen LogP contribution is 2.19. The fourth-order valence-corrected chi connectivity index (χ4v) is 2.79. The first kappa shape index (κ1) is 21.5. The number of ether oxygens (including phenoxy) is 1. The number of ketones is 1. The molecular formula is C23H20FN4O3+. The van der Waals surface area contributed by atoms with Gasteiger partial charge in [-0.3, -0.25) is 15.2 Å². The van der Waals surface area contributed by atoms with Crippen molar-refractivity contribution >= 4 is 29.9 Å². The number of methoxy groups -OCH3 is 1. The summed E-state index contributed by atoms with van der Waals surface area (Å²) < 4.78 is 19.9. The quantitative estimate of drug-likeness (QED) is 0.345. The summed E-state index contributed by atoms with van der Waals surface area (Å²) in [7, 11) is 1.37. The molecule has 1 aromatic heterocycles. The van der Waals surface area contributed by atoms with Gasteiger partial charge in [0.25, 0.3) is 0 Å². The van der Waals surface area contributed by atoms with Gasteiger partial charge in [-0.15, -0.1) is 0 Å². The Balaban J connectivity index is 1.66. The summed E-state index contributed by atoms with van der Waals surface area (Å²) in [5.74, 6) is -1.08. The summed E-state index contributed by atoms with van der Waals surface area (Å²) in [5, 5.41) is 10.8. The average Bonchev–Trinajstić information content (AvgIpc) is 2.78. The molecule has 0 radical (unpaired) electrons. The molecule has 0 aliphatic heterocycles. The molecular weight excluding hydrogens is 399 g/mol. The van der Waals surface area contributed by atoms with Crippen LogP contribution in [0.4, 0.5) is 14.9 Å². The second-order valence-electron chi connectivity index (χ2n) is 6.65. The van der Waals surface area contributed by atoms with Crippen LogP contribution in [0.15, 0.2) is 67.0 Å². The number of anilines is 1. The van der Waals surface area contributed by atoms with Crippen LogP contribution in [0.2, 0.25) is 0 Å². The predicted octanol–water partition coefficient (Wildman–Crippen LogP) is 3.93. The molecule has 7 nitrogen and oxygen atoms in total. The predicted molar refractivity (Wildman–Crippen MR) is 115 cm³/mol. The van der Waals surface area contributed by atoms with Gasteiger partial charge in [-0.25, -0.2) is 14.3 Å². The van der Waals surface area contributed by atoms with Gasteiger partial charge in [-0.05, 0) is 42.5 Å². The minimum absolute atomic E-state index is 0.0160. The highest BCUT2D eigenvalue weighted by atomic mass is 19.1. The number of urea groups is 1. The Labute approximate surface area is 178 Å². The molecule has 0 aliphatic rings. The maximum absolute atomic E-state index is 13.7. The number of rotatable bonds is 7. The summed E-state index contributed by atoms with van der Waals surface area (Å²) >= 11 is 0. The molecule has 2 aromatic carbocycles. The first-order valence-electron chi connectivity index (χ1n) is 9.23. The van der Waals surface area contributed by atoms with Gasteiger partial charge in [-0.1, -0.05) is 6.07 Å². The van der Waals surface area contributed by atoms with Gasteiger partial charge >= 0.3 is 6.03 Å². The van der Waals surface area contributed by atoms with E-state index in [-0.39, 0.29) is 23.6 Å². The third kappa shape index (κ3) is 5.45. The molecule has 3 rings (SSSR count). The van der Waals surface area contributed by atoms with E-state index in [1.54, 1.807) is 30.6 Å². The van der Waals surface area contributed by atoms with Crippen molar-refractivity contribution in [3.63, 3.8) is 0 Å². The number of aromatic nitrogens is 1. The van der Waals surface area contributed by atoms with Gasteiger partial charge in [-0.2, -0.15) is 4.79 Å². The zero-order valence-electron chi connectivity index (χ0n) is 16.8. The second kappa shape index (κ2) is 9.53. The Hall–Kier alpha value is -4.20. The molecule has 2 amide bonds. The van der Waals surface area contributed by atoms with Crippen molar-refractivity contribution in [3.05, 3.63) is 89.5 Å². The van der Waals surface area contributed by atoms with E-state index in [1.807, 2.05) is 6.07 Å². The summed E-state index contributed by atoms with van der Waals surface area (Å²) in [6, 6.07) is 13.0. The van der Waals surface area contributed by atoms with Crippen LogP contribution in [0.25, 0.3) is 0 Å². The fraction of sp³-hybridized carbons (Fsp3) is 0.0870. The van der Waals surface area contributed by atoms with Crippen LogP contribution in [0, 0.1) is 11.2 Å². The molecule has 2 N–H and O–H groups in total. The van der Waals surface area contributed by atoms with Gasteiger partial charge in [0.05, 0.1) is 13.8 Å². The highest BCUT2D eigenvalue weighted by molar-refractivity contribution is 6.50. The lowest BCUT2D eigenvalue weighted by molar-refractivity contribution is -0.431. The van der Waals surface area contributed by atoms with Crippen LogP contribution in [0.1, 0.15) is 21.5 Å². The monoisotopic (exact) mass is 419 g/mol. The Bertz CT molecular complexity index is 1150. The molecule has 8 heteroatoms. The molecule has 0 saturated heterocycles. The summed E-state index contributed by atoms with van der Waals surface area (Å²) in [4.78, 5) is 28.9. The van der Waals surface area contributed by atoms with Crippen molar-refractivity contribution in [2.75, 3.05) is 12.4 Å². The van der Waals surface area contributed by atoms with E-state index in [4.69, 9.17) is 10.1 Å². The van der Waals surface area contributed by atoms with E-state index in [9.17, 15) is 14.0 Å². The number of pyridine rings is 1. The number of hydrogen-bond donors (Lipinski definition) is 2. The molecule has 0 saturated carbocycles. The standard InChI is InChI=1S/C23H19FN4O3/c1-28(14-15-4-3-9-26-13-15)23(30)27-19-7-5-16(6-8-19)21(25)22(29)17-10-18(24)12-20(11-17)31-2/h3-13H,1,14H2,2H3,(H-,25,27,30)/p+1. The van der Waals surface area contributed by atoms with Gasteiger partial charge in [0.2, 0.25) is 5.78 Å². The first-order chi connectivity index (χ1) is 14.9. The smallest absolute Gasteiger partial charge is 0.495 e. The van der Waals surface area contributed by atoms with E-state index in [0.717, 1.165) is 17.7 Å². The Kier molecular flexibility index (Phi) is 6.61. The summed E-state index contributed by atoms with van der Waals surface area (Å²) in [6.07, 6.45) is 3.29. The number of hydrogen-bond acceptors (Lipinski definition) is 5. The Morgan fingerprint density at radius 3 is 2.55 bits per heavy atom. The number of carbonyl (C=O) groups excluding carboxylic acids is 2. The number of amides is 2. The lowest BCUT2D eigenvalue weighted by Crippen LogP contribution is -2.24. The van der Waals surface area contributed by atoms with Crippen LogP contribution in [-0.2, 0) is 6.54 Å². The summed E-state index contributed by atoms with van der Waals surface area (Å²) in [5.41, 5.74) is 1.35. The topological polar surface area (TPSA) is 95.1 Å². The average molecular weight is 419 g/mol. The maximum Gasteiger partial charge on any atom is 0.495 e. The molecule has 3 aromatic rings. The SMILES string of the molecule is C=[N+](Cc1cccnc1)C(=O)Nc1ccc(C(=N)C(=O)c2cc(F)cc(OC)c2)cc1. The fourth-order valence-electron chi connectivity index (χ4n) is 2.79. The van der Waals surface area contributed by atoms with E-state index < -0.39 is 17.6 Å². The minimum atomic E-state index is -0.644. The van der Waals surface area contributed by atoms with Gasteiger partial charge in [0.15, 0.2) is 0 Å². The number of nitrogens with one attached hydrogen (secondary N) is 2. The third-order valence-corrected chi connectivity index (χ3v) is 4.40. The van der Waals surface area contributed by atoms with Crippen LogP contribution >= 0.6 is 0 Å². The number of carbonyl (C=O) groups is 2. The van der Waals surface area contributed by atoms with Gasteiger partial charge in [0.1, 0.15) is 29.5 Å². The zero-order chi connectivity index (χ0) is 22.4. The number of benzene rings is 2. The van der Waals surface area contributed by atoms with Crippen LogP contribution in [0.5, 0.6) is 5.75 Å². The van der Waals surface area contributed by atoms with E-state index in [1.165, 1.54) is 29.9 Å². The normalized spacial score (nSPS) is 10.3. The van der Waals surface area contributed by atoms with Crippen molar-refractivity contribution in [1.82, 2.24) is 4.98 Å². The zero-order valence-corrected chi connectivity index (χ0v) is 16.8. The van der Waals surface area contributed by atoms with E-state index >= 15 is 0 Å². The molecule has 0 fully saturated rings. The molecule has 0 aliphatic carbocycles. The second-order valence-corrected chi connectivity index (χ2v) is 6.65. The van der Waals surface area contributed by atoms with Crippen molar-refractivity contribution in [1.29, 1.82) is 5.41 Å². The maximum atomic E-state index is 13.7. The van der Waals surface area contributed by atoms with E-state index in [0.29, 0.717) is 11.3 Å². The molecule has 0 unspecified atom stereocenters. The molecule has 156 valence electrons. The van der Waals surface area contributed by atoms with Crippen LogP contribution < -0.4 is 10.1 Å². The molecule has 31 heavy (non-hydrogen) atoms. The largest absolute Gasteiger partial charge is 0.497 e. The summed E-state index contributed by atoms with van der Waals surface area (Å²) in [6.45, 7) is 4.01. The van der Waals surface area contributed by atoms with Crippen LogP contribution in [0.3, 0.4) is 0 Å². The Morgan fingerprint density at radius 2 is 1.90 bits per heavy atom. The van der Waals surface area contributed by atoms with E-state index in [2.05, 4.69) is 17.0 Å². The molecule has 0 spiro atoms. The molecule has 0 atom stereocenters. The van der Waals surface area contributed by atoms with Crippen molar-refractivity contribution < 1.29 is 23.3 Å². The van der Waals surface area contributed by atoms with Gasteiger partial charge < -0.3 is 4.74 Å². The number of halogens is 1. The number of nitrogens with zero attached hydrogens (tertiary/aromatic N) is 2. The van der Waals surface area contributed by atoms with Crippen LogP contribution in [-0.4, -0.2) is 40.9 Å². The molecule has 0 bridgehead atoms. The minimum Gasteiger partial charge on any atom is -0.497 e. The lowest BCUT2D eigenvalue weighted by Gasteiger charge is -2.07. The highest BCUT2D eigenvalue weighted by Gasteiger charge is 2.18. The first-order valence-corrected chi connectivity index (χ1v) is 9.23. The third-order valence-electron chi connectivity index (χ3n) is 4.40. The van der Waals surface area contributed by atoms with Gasteiger partial charge in [0, 0.05) is 35.2 Å². The number of Topliss-reactive ketones (excluding diaryl/α,β-unsaturated/α-hetero) is 1. The molecule has 1 heterocycles. The Morgan fingerprint density at radius 1 is 1.16 bits per heavy atom.